The van der Waals surface area contributed by atoms with E-state index in [0.29, 0.717) is 6.42 Å². The molecule has 0 radical (unpaired) electrons. The van der Waals surface area contributed by atoms with E-state index in [0.717, 1.165) is 12.7 Å². The van der Waals surface area contributed by atoms with Crippen LogP contribution < -0.4 is 4.72 Å². The van der Waals surface area contributed by atoms with Gasteiger partial charge in [-0.3, -0.25) is 0 Å². The number of sulfonamides is 1. The van der Waals surface area contributed by atoms with Crippen LogP contribution in [0, 0.1) is 0 Å². The molecule has 0 atom stereocenters. The zero-order chi connectivity index (χ0) is 13.8. The van der Waals surface area contributed by atoms with Crippen LogP contribution >= 0.6 is 0 Å². The zero-order valence-electron chi connectivity index (χ0n) is 10.1. The number of sulfone groups is 1. The number of unbranched alkanes of at least 4 members (excludes halogenated alkanes) is 1. The van der Waals surface area contributed by atoms with E-state index in [1.165, 1.54) is 0 Å². The highest BCUT2D eigenvalue weighted by molar-refractivity contribution is 7.90. The van der Waals surface area contributed by atoms with Crippen molar-refractivity contribution in [3.63, 3.8) is 0 Å². The van der Waals surface area contributed by atoms with Crippen molar-refractivity contribution < 1.29 is 21.3 Å². The Morgan fingerprint density at radius 3 is 2.39 bits per heavy atom. The van der Waals surface area contributed by atoms with E-state index in [2.05, 4.69) is 14.9 Å². The van der Waals surface area contributed by atoms with Crippen LogP contribution in [0.3, 0.4) is 0 Å². The lowest BCUT2D eigenvalue weighted by Crippen LogP contribution is -2.26. The molecule has 0 aromatic carbocycles. The summed E-state index contributed by atoms with van der Waals surface area (Å²) >= 11 is 0. The predicted octanol–water partition coefficient (Wildman–Crippen LogP) is -0.307. The van der Waals surface area contributed by atoms with Crippen molar-refractivity contribution in [2.24, 2.45) is 0 Å². The number of rotatable bonds is 7. The molecule has 0 spiro atoms. The molecule has 0 saturated heterocycles. The van der Waals surface area contributed by atoms with Gasteiger partial charge in [-0.05, 0) is 6.42 Å². The number of hydrogen-bond acceptors (Lipinski definition) is 7. The number of nitrogens with zero attached hydrogens (tertiary/aromatic N) is 2. The van der Waals surface area contributed by atoms with Gasteiger partial charge in [-0.25, -0.2) is 21.6 Å². The Hall–Kier alpha value is -1.00. The first kappa shape index (κ1) is 15.1. The first-order valence-corrected chi connectivity index (χ1v) is 8.79. The standard InChI is InChI=1S/C8H15N3O5S2/c1-3-4-5-18(14,15)9-6-7-10-11-8(16-7)17(2,12)13/h9H,3-6H2,1-2H3. The van der Waals surface area contributed by atoms with Crippen molar-refractivity contribution in [2.75, 3.05) is 12.0 Å². The van der Waals surface area contributed by atoms with E-state index >= 15 is 0 Å². The highest BCUT2D eigenvalue weighted by Crippen LogP contribution is 2.06. The average Bonchev–Trinajstić information content (AvgIpc) is 2.72. The van der Waals surface area contributed by atoms with Gasteiger partial charge in [0.25, 0.3) is 0 Å². The third-order valence-electron chi connectivity index (χ3n) is 1.98. The third-order valence-corrected chi connectivity index (χ3v) is 4.19. The fraction of sp³-hybridized carbons (Fsp3) is 0.750. The Kier molecular flexibility index (Phi) is 4.82. The first-order valence-electron chi connectivity index (χ1n) is 5.24. The van der Waals surface area contributed by atoms with Crippen molar-refractivity contribution in [2.45, 2.75) is 31.5 Å². The summed E-state index contributed by atoms with van der Waals surface area (Å²) in [4.78, 5) is 0. The summed E-state index contributed by atoms with van der Waals surface area (Å²) in [6.45, 7) is 1.67. The summed E-state index contributed by atoms with van der Waals surface area (Å²) in [6, 6.07) is 0. The maximum absolute atomic E-state index is 11.4. The minimum atomic E-state index is -3.57. The van der Waals surface area contributed by atoms with Gasteiger partial charge in [0.2, 0.25) is 25.8 Å². The number of hydrogen-bond donors (Lipinski definition) is 1. The van der Waals surface area contributed by atoms with E-state index < -0.39 is 25.1 Å². The van der Waals surface area contributed by atoms with Crippen LogP contribution in [0.1, 0.15) is 25.7 Å². The molecule has 0 amide bonds. The van der Waals surface area contributed by atoms with Crippen molar-refractivity contribution in [1.82, 2.24) is 14.9 Å². The fourth-order valence-corrected chi connectivity index (χ4v) is 2.63. The maximum Gasteiger partial charge on any atom is 0.335 e. The average molecular weight is 297 g/mol. The first-order chi connectivity index (χ1) is 8.24. The Morgan fingerprint density at radius 2 is 1.89 bits per heavy atom. The van der Waals surface area contributed by atoms with Crippen molar-refractivity contribution in [3.8, 4) is 0 Å². The maximum atomic E-state index is 11.4. The van der Waals surface area contributed by atoms with E-state index in [1.807, 2.05) is 6.92 Å². The normalized spacial score (nSPS) is 12.8. The fourth-order valence-electron chi connectivity index (χ4n) is 1.04. The Labute approximate surface area is 106 Å². The molecule has 0 bridgehead atoms. The molecule has 0 aliphatic heterocycles. The Morgan fingerprint density at radius 1 is 1.22 bits per heavy atom. The van der Waals surface area contributed by atoms with E-state index in [4.69, 9.17) is 4.42 Å². The summed E-state index contributed by atoms with van der Waals surface area (Å²) in [5.41, 5.74) is 0. The molecular formula is C8H15N3O5S2. The van der Waals surface area contributed by atoms with Crippen LogP contribution in [0.2, 0.25) is 0 Å². The summed E-state index contributed by atoms with van der Waals surface area (Å²) in [6.07, 6.45) is 2.24. The molecule has 1 aromatic heterocycles. The molecule has 0 unspecified atom stereocenters. The Balaban J connectivity index is 2.62. The lowest BCUT2D eigenvalue weighted by molar-refractivity contribution is 0.394. The van der Waals surface area contributed by atoms with Crippen LogP contribution in [-0.2, 0) is 26.4 Å². The van der Waals surface area contributed by atoms with Gasteiger partial charge in [0.1, 0.15) is 0 Å². The highest BCUT2D eigenvalue weighted by Gasteiger charge is 2.17. The lowest BCUT2D eigenvalue weighted by Gasteiger charge is -2.02. The molecule has 0 aliphatic carbocycles. The van der Waals surface area contributed by atoms with Gasteiger partial charge >= 0.3 is 5.22 Å². The molecule has 18 heavy (non-hydrogen) atoms. The Bertz CT molecular complexity index is 590. The number of nitrogens with one attached hydrogen (secondary N) is 1. The molecule has 0 saturated carbocycles. The van der Waals surface area contributed by atoms with Gasteiger partial charge in [0.15, 0.2) is 0 Å². The minimum absolute atomic E-state index is 0.0105. The second kappa shape index (κ2) is 5.76. The summed E-state index contributed by atoms with van der Waals surface area (Å²) in [5.74, 6) is -0.0770. The van der Waals surface area contributed by atoms with Gasteiger partial charge in [-0.2, -0.15) is 0 Å². The molecule has 1 heterocycles. The molecule has 0 aliphatic rings. The van der Waals surface area contributed by atoms with Crippen LogP contribution in [0.5, 0.6) is 0 Å². The molecule has 10 heteroatoms. The largest absolute Gasteiger partial charge is 0.411 e. The summed E-state index contributed by atoms with van der Waals surface area (Å²) < 4.78 is 52.1. The van der Waals surface area contributed by atoms with Gasteiger partial charge in [0.05, 0.1) is 12.3 Å². The summed E-state index contributed by atoms with van der Waals surface area (Å²) in [7, 11) is -6.96. The molecule has 1 rings (SSSR count). The second-order valence-corrected chi connectivity index (χ2v) is 7.55. The van der Waals surface area contributed by atoms with Crippen LogP contribution in [0.15, 0.2) is 9.64 Å². The van der Waals surface area contributed by atoms with Gasteiger partial charge in [-0.1, -0.05) is 18.4 Å². The van der Waals surface area contributed by atoms with Gasteiger partial charge in [-0.15, -0.1) is 5.10 Å². The van der Waals surface area contributed by atoms with Crippen LogP contribution in [0.25, 0.3) is 0 Å². The quantitative estimate of drug-likeness (QED) is 0.733. The molecule has 1 aromatic rings. The van der Waals surface area contributed by atoms with Crippen molar-refractivity contribution in [3.05, 3.63) is 5.89 Å². The summed E-state index contributed by atoms with van der Waals surface area (Å²) in [5, 5.41) is 6.23. The predicted molar refractivity (Wildman–Crippen MR) is 62.9 cm³/mol. The van der Waals surface area contributed by atoms with Crippen molar-refractivity contribution in [1.29, 1.82) is 0 Å². The van der Waals surface area contributed by atoms with E-state index in [9.17, 15) is 16.8 Å². The molecule has 0 fully saturated rings. The second-order valence-electron chi connectivity index (χ2n) is 3.73. The smallest absolute Gasteiger partial charge is 0.335 e. The van der Waals surface area contributed by atoms with E-state index in [1.54, 1.807) is 0 Å². The molecule has 104 valence electrons. The van der Waals surface area contributed by atoms with Gasteiger partial charge < -0.3 is 4.42 Å². The third kappa shape index (κ3) is 4.70. The molecule has 1 N–H and O–H groups in total. The molecule has 8 nitrogen and oxygen atoms in total. The SMILES string of the molecule is CCCCS(=O)(=O)NCc1nnc(S(C)(=O)=O)o1. The molecular weight excluding hydrogens is 282 g/mol. The van der Waals surface area contributed by atoms with Crippen LogP contribution in [0.4, 0.5) is 0 Å². The monoisotopic (exact) mass is 297 g/mol. The zero-order valence-corrected chi connectivity index (χ0v) is 11.7. The topological polar surface area (TPSA) is 119 Å². The number of aromatic nitrogens is 2. The highest BCUT2D eigenvalue weighted by atomic mass is 32.2. The van der Waals surface area contributed by atoms with Crippen molar-refractivity contribution >= 4 is 19.9 Å². The lowest BCUT2D eigenvalue weighted by atomic mass is 10.4. The van der Waals surface area contributed by atoms with E-state index in [-0.39, 0.29) is 18.2 Å². The minimum Gasteiger partial charge on any atom is -0.411 e. The van der Waals surface area contributed by atoms with Gasteiger partial charge in [0, 0.05) is 6.26 Å². The van der Waals surface area contributed by atoms with Crippen LogP contribution in [-0.4, -0.2) is 39.0 Å².